The fourth-order valence-corrected chi connectivity index (χ4v) is 3.87. The molecule has 4 rings (SSSR count). The van der Waals surface area contributed by atoms with Gasteiger partial charge in [0.1, 0.15) is 23.6 Å². The topological polar surface area (TPSA) is 77.6 Å². The molecular formula is C19H18N4O3S. The Morgan fingerprint density at radius 3 is 2.74 bits per heavy atom. The van der Waals surface area contributed by atoms with Gasteiger partial charge in [-0.15, -0.1) is 11.3 Å². The number of ether oxygens (including phenoxy) is 1. The van der Waals surface area contributed by atoms with Crippen LogP contribution in [0.25, 0.3) is 15.7 Å². The lowest BCUT2D eigenvalue weighted by atomic mass is 10.2. The van der Waals surface area contributed by atoms with E-state index in [0.29, 0.717) is 17.9 Å². The Balaban J connectivity index is 1.53. The van der Waals surface area contributed by atoms with Gasteiger partial charge in [-0.1, -0.05) is 12.1 Å². The quantitative estimate of drug-likeness (QED) is 0.575. The molecule has 138 valence electrons. The van der Waals surface area contributed by atoms with Crippen molar-refractivity contribution in [1.82, 2.24) is 19.5 Å². The van der Waals surface area contributed by atoms with Gasteiger partial charge in [-0.25, -0.2) is 4.68 Å². The number of carbonyl (C=O) groups excluding carboxylic acids is 1. The number of nitrogens with one attached hydrogen (secondary N) is 1. The fourth-order valence-electron chi connectivity index (χ4n) is 3.07. The summed E-state index contributed by atoms with van der Waals surface area (Å²) in [5.74, 6) is 1.16. The zero-order valence-corrected chi connectivity index (χ0v) is 15.7. The summed E-state index contributed by atoms with van der Waals surface area (Å²) >= 11 is 1.57. The maximum absolute atomic E-state index is 12.7. The van der Waals surface area contributed by atoms with Gasteiger partial charge in [-0.2, -0.15) is 5.10 Å². The molecule has 0 aliphatic heterocycles. The molecule has 1 N–H and O–H groups in total. The first-order valence-electron chi connectivity index (χ1n) is 8.43. The van der Waals surface area contributed by atoms with Crippen LogP contribution >= 0.6 is 11.3 Å². The molecule has 0 aliphatic carbocycles. The summed E-state index contributed by atoms with van der Waals surface area (Å²) in [6.45, 7) is 2.08. The first-order chi connectivity index (χ1) is 13.1. The summed E-state index contributed by atoms with van der Waals surface area (Å²) < 4.78 is 9.19. The molecule has 1 amide bonds. The highest BCUT2D eigenvalue weighted by Gasteiger charge is 2.14. The molecule has 0 unspecified atom stereocenters. The number of fused-ring (bicyclic) bond motifs is 3. The van der Waals surface area contributed by atoms with E-state index in [-0.39, 0.29) is 18.0 Å². The number of amides is 1. The minimum atomic E-state index is -0.274. The number of aromatic nitrogens is 3. The van der Waals surface area contributed by atoms with E-state index in [4.69, 9.17) is 4.74 Å². The normalized spacial score (nSPS) is 11.2. The Bertz CT molecular complexity index is 1190. The average Bonchev–Trinajstić information content (AvgIpc) is 3.26. The van der Waals surface area contributed by atoms with E-state index < -0.39 is 0 Å². The monoisotopic (exact) mass is 382 g/mol. The number of hydrogen-bond donors (Lipinski definition) is 1. The molecule has 7 nitrogen and oxygen atoms in total. The van der Waals surface area contributed by atoms with Gasteiger partial charge in [0.05, 0.1) is 17.3 Å². The Kier molecular flexibility index (Phi) is 4.41. The molecule has 0 saturated heterocycles. The molecule has 0 spiro atoms. The Morgan fingerprint density at radius 1 is 1.22 bits per heavy atom. The molecule has 0 radical (unpaired) electrons. The second-order valence-electron chi connectivity index (χ2n) is 6.17. The molecule has 0 saturated carbocycles. The molecular weight excluding hydrogens is 364 g/mol. The second kappa shape index (κ2) is 6.88. The Morgan fingerprint density at radius 2 is 2.00 bits per heavy atom. The van der Waals surface area contributed by atoms with Crippen LogP contribution in [0.1, 0.15) is 11.4 Å². The summed E-state index contributed by atoms with van der Waals surface area (Å²) in [4.78, 5) is 25.0. The van der Waals surface area contributed by atoms with Gasteiger partial charge in [0.2, 0.25) is 5.91 Å². The van der Waals surface area contributed by atoms with Gasteiger partial charge in [0.25, 0.3) is 5.56 Å². The van der Waals surface area contributed by atoms with Crippen molar-refractivity contribution in [3.05, 3.63) is 63.5 Å². The van der Waals surface area contributed by atoms with Gasteiger partial charge in [-0.3, -0.25) is 14.0 Å². The van der Waals surface area contributed by atoms with Crippen molar-refractivity contribution in [3.63, 3.8) is 0 Å². The molecule has 0 atom stereocenters. The summed E-state index contributed by atoms with van der Waals surface area (Å²) in [5.41, 5.74) is 2.17. The zero-order chi connectivity index (χ0) is 19.0. The largest absolute Gasteiger partial charge is 0.497 e. The number of hydrogen-bond acceptors (Lipinski definition) is 5. The summed E-state index contributed by atoms with van der Waals surface area (Å²) in [6.07, 6.45) is 0. The lowest BCUT2D eigenvalue weighted by Crippen LogP contribution is -2.34. The van der Waals surface area contributed by atoms with E-state index in [0.717, 1.165) is 21.5 Å². The fraction of sp³-hybridized carbons (Fsp3) is 0.211. The van der Waals surface area contributed by atoms with E-state index in [9.17, 15) is 9.59 Å². The molecule has 4 aromatic rings. The van der Waals surface area contributed by atoms with Crippen LogP contribution in [-0.4, -0.2) is 27.2 Å². The van der Waals surface area contributed by atoms with Crippen LogP contribution in [0.3, 0.4) is 0 Å². The number of benzene rings is 1. The van der Waals surface area contributed by atoms with Crippen molar-refractivity contribution >= 4 is 33.0 Å². The van der Waals surface area contributed by atoms with E-state index in [2.05, 4.69) is 10.4 Å². The predicted molar refractivity (Wildman–Crippen MR) is 104 cm³/mol. The number of carbonyl (C=O) groups is 1. The number of rotatable bonds is 5. The maximum atomic E-state index is 12.7. The lowest BCUT2D eigenvalue weighted by Gasteiger charge is -2.09. The third-order valence-electron chi connectivity index (χ3n) is 4.41. The molecule has 1 aromatic carbocycles. The van der Waals surface area contributed by atoms with Crippen LogP contribution in [0.4, 0.5) is 0 Å². The van der Waals surface area contributed by atoms with Crippen molar-refractivity contribution in [2.45, 2.75) is 20.0 Å². The predicted octanol–water partition coefficient (Wildman–Crippen LogP) is 2.34. The van der Waals surface area contributed by atoms with Crippen molar-refractivity contribution in [1.29, 1.82) is 0 Å². The molecule has 27 heavy (non-hydrogen) atoms. The van der Waals surface area contributed by atoms with Crippen LogP contribution < -0.4 is 15.6 Å². The Labute approximate surface area is 158 Å². The number of methoxy groups -OCH3 is 1. The molecule has 3 aromatic heterocycles. The average molecular weight is 382 g/mol. The molecule has 8 heteroatoms. The smallest absolute Gasteiger partial charge is 0.291 e. The summed E-state index contributed by atoms with van der Waals surface area (Å²) in [5, 5.41) is 9.11. The van der Waals surface area contributed by atoms with Crippen molar-refractivity contribution in [2.24, 2.45) is 0 Å². The minimum absolute atomic E-state index is 0.120. The first-order valence-corrected chi connectivity index (χ1v) is 9.31. The van der Waals surface area contributed by atoms with Crippen LogP contribution in [0.15, 0.2) is 46.6 Å². The van der Waals surface area contributed by atoms with Gasteiger partial charge in [0, 0.05) is 6.54 Å². The highest BCUT2D eigenvalue weighted by molar-refractivity contribution is 7.17. The van der Waals surface area contributed by atoms with Crippen LogP contribution in [0, 0.1) is 6.92 Å². The van der Waals surface area contributed by atoms with Crippen molar-refractivity contribution < 1.29 is 9.53 Å². The maximum Gasteiger partial charge on any atom is 0.291 e. The molecule has 3 heterocycles. The van der Waals surface area contributed by atoms with E-state index in [1.165, 1.54) is 4.68 Å². The van der Waals surface area contributed by atoms with E-state index in [1.807, 2.05) is 53.1 Å². The van der Waals surface area contributed by atoms with Gasteiger partial charge < -0.3 is 10.1 Å². The SMILES string of the molecule is COc1ccc(CNC(=O)Cn2nc(C)n3c(cc4sccc43)c2=O)cc1. The standard InChI is InChI=1S/C19H18N4O3S/c1-12-21-22(19(25)16-9-17-15(23(12)16)7-8-27-17)11-18(24)20-10-13-3-5-14(26-2)6-4-13/h3-9H,10-11H2,1-2H3,(H,20,24). The molecule has 0 bridgehead atoms. The molecule has 0 fully saturated rings. The van der Waals surface area contributed by atoms with Gasteiger partial charge in [-0.05, 0) is 42.1 Å². The lowest BCUT2D eigenvalue weighted by molar-refractivity contribution is -0.122. The summed E-state index contributed by atoms with van der Waals surface area (Å²) in [7, 11) is 1.61. The van der Waals surface area contributed by atoms with Crippen LogP contribution in [-0.2, 0) is 17.9 Å². The van der Waals surface area contributed by atoms with Gasteiger partial charge >= 0.3 is 0 Å². The third kappa shape index (κ3) is 3.19. The zero-order valence-electron chi connectivity index (χ0n) is 14.9. The number of nitrogens with zero attached hydrogens (tertiary/aromatic N) is 3. The number of aryl methyl sites for hydroxylation is 1. The highest BCUT2D eigenvalue weighted by Crippen LogP contribution is 2.24. The van der Waals surface area contributed by atoms with Gasteiger partial charge in [0.15, 0.2) is 0 Å². The van der Waals surface area contributed by atoms with Crippen molar-refractivity contribution in [2.75, 3.05) is 7.11 Å². The van der Waals surface area contributed by atoms with E-state index in [1.54, 1.807) is 18.4 Å². The summed E-state index contributed by atoms with van der Waals surface area (Å²) in [6, 6.07) is 11.3. The van der Waals surface area contributed by atoms with Crippen LogP contribution in [0.5, 0.6) is 5.75 Å². The highest BCUT2D eigenvalue weighted by atomic mass is 32.1. The first kappa shape index (κ1) is 17.3. The van der Waals surface area contributed by atoms with Crippen molar-refractivity contribution in [3.8, 4) is 5.75 Å². The second-order valence-corrected chi connectivity index (χ2v) is 7.12. The van der Waals surface area contributed by atoms with E-state index >= 15 is 0 Å². The minimum Gasteiger partial charge on any atom is -0.497 e. The number of thiophene rings is 1. The molecule has 0 aliphatic rings. The van der Waals surface area contributed by atoms with Crippen LogP contribution in [0.2, 0.25) is 0 Å². The third-order valence-corrected chi connectivity index (χ3v) is 5.26. The Hall–Kier alpha value is -3.13.